The molecule has 41 heavy (non-hydrogen) atoms. The second-order valence-electron chi connectivity index (χ2n) is 14.4. The van der Waals surface area contributed by atoms with Crippen molar-refractivity contribution < 1.29 is 20.4 Å². The van der Waals surface area contributed by atoms with Crippen LogP contribution in [-0.2, 0) is 0 Å². The zero-order valence-corrected chi connectivity index (χ0v) is 28.3. The van der Waals surface area contributed by atoms with Crippen LogP contribution >= 0.6 is 23.5 Å². The van der Waals surface area contributed by atoms with E-state index in [-0.39, 0.29) is 18.6 Å². The minimum atomic E-state index is -0.773. The van der Waals surface area contributed by atoms with Gasteiger partial charge in [0.05, 0.1) is 11.2 Å². The number of aliphatic hydroxyl groups excluding tert-OH is 2. The molecule has 4 unspecified atom stereocenters. The average Bonchev–Trinajstić information content (AvgIpc) is 3.30. The number of aliphatic hydroxyl groups is 4. The van der Waals surface area contributed by atoms with E-state index in [1.54, 1.807) is 11.1 Å². The summed E-state index contributed by atoms with van der Waals surface area (Å²) in [4.78, 5) is 0. The van der Waals surface area contributed by atoms with Gasteiger partial charge in [0.15, 0.2) is 0 Å². The molecular formula is C35H60O4S2. The second kappa shape index (κ2) is 14.0. The van der Waals surface area contributed by atoms with Crippen molar-refractivity contribution in [2.75, 3.05) is 24.7 Å². The lowest BCUT2D eigenvalue weighted by atomic mass is 9.50. The Bertz CT molecular complexity index is 937. The van der Waals surface area contributed by atoms with Crippen molar-refractivity contribution in [1.29, 1.82) is 0 Å². The molecule has 0 aliphatic heterocycles. The smallest absolute Gasteiger partial charge is 0.0674 e. The molecule has 9 atom stereocenters. The molecule has 236 valence electrons. The molecule has 4 nitrogen and oxygen atoms in total. The normalized spacial score (nSPS) is 37.7. The molecule has 4 aliphatic carbocycles. The maximum Gasteiger partial charge on any atom is 0.0674 e. The van der Waals surface area contributed by atoms with Crippen LogP contribution in [0.1, 0.15) is 118 Å². The largest absolute Gasteiger partial charge is 0.396 e. The predicted octanol–water partition coefficient (Wildman–Crippen LogP) is 7.54. The summed E-state index contributed by atoms with van der Waals surface area (Å²) in [7, 11) is 0. The fourth-order valence-electron chi connectivity index (χ4n) is 9.33. The number of rotatable bonds is 15. The van der Waals surface area contributed by atoms with Gasteiger partial charge in [0.25, 0.3) is 0 Å². The molecule has 3 fully saturated rings. The highest BCUT2D eigenvalue weighted by atomic mass is 32.2. The lowest BCUT2D eigenvalue weighted by Gasteiger charge is -2.57. The Morgan fingerprint density at radius 3 is 2.05 bits per heavy atom. The number of hydrogen-bond donors (Lipinski definition) is 4. The van der Waals surface area contributed by atoms with Gasteiger partial charge in [0, 0.05) is 29.1 Å². The number of allylic oxidation sites excluding steroid dienone is 4. The van der Waals surface area contributed by atoms with Crippen molar-refractivity contribution >= 4 is 23.5 Å². The van der Waals surface area contributed by atoms with E-state index in [1.807, 2.05) is 25.6 Å². The zero-order valence-electron chi connectivity index (χ0n) is 26.7. The lowest BCUT2D eigenvalue weighted by Crippen LogP contribution is -2.51. The summed E-state index contributed by atoms with van der Waals surface area (Å²) in [5.41, 5.74) is 2.46. The average molecular weight is 609 g/mol. The van der Waals surface area contributed by atoms with E-state index in [1.165, 1.54) is 38.5 Å². The van der Waals surface area contributed by atoms with Gasteiger partial charge in [0.1, 0.15) is 0 Å². The first-order valence-corrected chi connectivity index (χ1v) is 18.9. The lowest BCUT2D eigenvalue weighted by molar-refractivity contribution is 0.00921. The van der Waals surface area contributed by atoms with Crippen LogP contribution in [0.2, 0.25) is 0 Å². The Kier molecular flexibility index (Phi) is 11.6. The molecule has 3 saturated carbocycles. The van der Waals surface area contributed by atoms with Gasteiger partial charge < -0.3 is 20.4 Å². The van der Waals surface area contributed by atoms with Gasteiger partial charge >= 0.3 is 0 Å². The molecule has 0 aromatic heterocycles. The SMILES string of the molecule is CC[C@H]1CC[C@H]2C3=CC=C4CC(SCCC(O)(CC)CCO)CC(SCCC(O)(CC)CCO)[C@]4(C)[C@H]3CC[C@]12C. The zero-order chi connectivity index (χ0) is 29.9. The van der Waals surface area contributed by atoms with E-state index in [0.29, 0.717) is 47.5 Å². The molecule has 0 radical (unpaired) electrons. The standard InChI is InChI=1S/C35H60O4S2/c1-6-25-10-12-29-28-11-9-26-23-27(40-21-17-34(38,7-2)15-19-36)24-31(41-22-18-35(39,8-3)16-20-37)33(26,5)30(28)13-14-32(25,29)4/h9,11,25,27,29-31,36-39H,6-8,10,12-24H2,1-5H3/t25-,27?,29-,30-,31?,32+,33-,34?,35?/m0/s1. The predicted molar refractivity (Wildman–Crippen MR) is 176 cm³/mol. The van der Waals surface area contributed by atoms with E-state index in [9.17, 15) is 20.4 Å². The van der Waals surface area contributed by atoms with Crippen LogP contribution in [0.5, 0.6) is 0 Å². The maximum atomic E-state index is 11.1. The van der Waals surface area contributed by atoms with Crippen molar-refractivity contribution in [2.24, 2.45) is 28.6 Å². The van der Waals surface area contributed by atoms with Crippen LogP contribution < -0.4 is 0 Å². The molecule has 0 aromatic carbocycles. The second-order valence-corrected chi connectivity index (χ2v) is 17.1. The van der Waals surface area contributed by atoms with Crippen LogP contribution in [-0.4, -0.2) is 66.8 Å². The molecule has 0 amide bonds. The molecule has 4 rings (SSSR count). The fraction of sp³-hybridized carbons (Fsp3) is 0.886. The summed E-state index contributed by atoms with van der Waals surface area (Å²) in [6.45, 7) is 11.7. The number of thioether (sulfide) groups is 2. The minimum absolute atomic E-state index is 0.0390. The topological polar surface area (TPSA) is 80.9 Å². The monoisotopic (exact) mass is 608 g/mol. The Hall–Kier alpha value is 0.0200. The van der Waals surface area contributed by atoms with Crippen LogP contribution in [0, 0.1) is 28.6 Å². The number of hydrogen-bond acceptors (Lipinski definition) is 6. The summed E-state index contributed by atoms with van der Waals surface area (Å²) in [5.74, 6) is 4.05. The van der Waals surface area contributed by atoms with Gasteiger partial charge in [-0.2, -0.15) is 23.5 Å². The molecule has 0 heterocycles. The molecule has 0 bridgehead atoms. The van der Waals surface area contributed by atoms with Gasteiger partial charge in [-0.05, 0) is 112 Å². The third-order valence-electron chi connectivity index (χ3n) is 12.6. The molecule has 4 N–H and O–H groups in total. The third kappa shape index (κ3) is 6.83. The van der Waals surface area contributed by atoms with E-state index in [2.05, 4.69) is 44.7 Å². The molecular weight excluding hydrogens is 549 g/mol. The fourth-order valence-corrected chi connectivity index (χ4v) is 12.7. The van der Waals surface area contributed by atoms with Crippen molar-refractivity contribution in [3.8, 4) is 0 Å². The molecule has 4 aliphatic rings. The van der Waals surface area contributed by atoms with E-state index >= 15 is 0 Å². The number of fused-ring (bicyclic) bond motifs is 5. The van der Waals surface area contributed by atoms with Crippen molar-refractivity contribution in [3.63, 3.8) is 0 Å². The maximum absolute atomic E-state index is 11.1. The summed E-state index contributed by atoms with van der Waals surface area (Å²) in [6, 6.07) is 0. The highest BCUT2D eigenvalue weighted by molar-refractivity contribution is 8.00. The Balaban J connectivity index is 1.55. The van der Waals surface area contributed by atoms with Crippen molar-refractivity contribution in [3.05, 3.63) is 23.3 Å². The first-order valence-electron chi connectivity index (χ1n) is 16.8. The van der Waals surface area contributed by atoms with Gasteiger partial charge in [0.2, 0.25) is 0 Å². The Morgan fingerprint density at radius 1 is 0.829 bits per heavy atom. The van der Waals surface area contributed by atoms with Crippen LogP contribution in [0.25, 0.3) is 0 Å². The molecule has 0 aromatic rings. The van der Waals surface area contributed by atoms with Crippen LogP contribution in [0.3, 0.4) is 0 Å². The molecule has 0 saturated heterocycles. The van der Waals surface area contributed by atoms with Crippen molar-refractivity contribution in [2.45, 2.75) is 140 Å². The van der Waals surface area contributed by atoms with E-state index < -0.39 is 11.2 Å². The first kappa shape index (κ1) is 33.9. The van der Waals surface area contributed by atoms with Crippen LogP contribution in [0.15, 0.2) is 23.3 Å². The Morgan fingerprint density at radius 2 is 1.46 bits per heavy atom. The summed E-state index contributed by atoms with van der Waals surface area (Å²) in [6.07, 6.45) is 17.8. The van der Waals surface area contributed by atoms with Gasteiger partial charge in [-0.1, -0.05) is 64.3 Å². The highest BCUT2D eigenvalue weighted by Gasteiger charge is 2.58. The van der Waals surface area contributed by atoms with Crippen LogP contribution in [0.4, 0.5) is 0 Å². The minimum Gasteiger partial charge on any atom is -0.396 e. The third-order valence-corrected chi connectivity index (χ3v) is 15.4. The highest BCUT2D eigenvalue weighted by Crippen LogP contribution is 2.67. The summed E-state index contributed by atoms with van der Waals surface area (Å²) in [5, 5.41) is 42.0. The first-order chi connectivity index (χ1) is 19.5. The summed E-state index contributed by atoms with van der Waals surface area (Å²) >= 11 is 4.11. The molecule has 0 spiro atoms. The van der Waals surface area contributed by atoms with E-state index in [4.69, 9.17) is 0 Å². The van der Waals surface area contributed by atoms with Gasteiger partial charge in [-0.25, -0.2) is 0 Å². The van der Waals surface area contributed by atoms with Gasteiger partial charge in [-0.3, -0.25) is 0 Å². The Labute approximate surface area is 259 Å². The van der Waals surface area contributed by atoms with Gasteiger partial charge in [-0.15, -0.1) is 0 Å². The summed E-state index contributed by atoms with van der Waals surface area (Å²) < 4.78 is 0. The quantitative estimate of drug-likeness (QED) is 0.154. The van der Waals surface area contributed by atoms with Crippen molar-refractivity contribution in [1.82, 2.24) is 0 Å². The molecule has 6 heteroatoms. The van der Waals surface area contributed by atoms with E-state index in [0.717, 1.165) is 42.6 Å².